The first kappa shape index (κ1) is 22.7. The van der Waals surface area contributed by atoms with Crippen LogP contribution in [0.1, 0.15) is 42.4 Å². The quantitative estimate of drug-likeness (QED) is 0.632. The number of amides is 1. The van der Waals surface area contributed by atoms with Crippen molar-refractivity contribution in [3.8, 4) is 0 Å². The summed E-state index contributed by atoms with van der Waals surface area (Å²) < 4.78 is 18.5. The van der Waals surface area contributed by atoms with E-state index in [1.54, 1.807) is 17.9 Å². The van der Waals surface area contributed by atoms with Crippen molar-refractivity contribution >= 4 is 17.7 Å². The fraction of sp³-hybridized carbons (Fsp3) is 0.478. The van der Waals surface area contributed by atoms with Gasteiger partial charge in [-0.3, -0.25) is 9.59 Å². The predicted octanol–water partition coefficient (Wildman–Crippen LogP) is 2.82. The van der Waals surface area contributed by atoms with E-state index in [9.17, 15) is 14.0 Å². The molecule has 1 aliphatic heterocycles. The number of hydrogen-bond donors (Lipinski definition) is 0. The highest BCUT2D eigenvalue weighted by molar-refractivity contribution is 5.81. The Morgan fingerprint density at radius 2 is 1.84 bits per heavy atom. The number of piperazine rings is 1. The first-order valence-corrected chi connectivity index (χ1v) is 10.6. The average Bonchev–Trinajstić information content (AvgIpc) is 2.74. The topological polar surface area (TPSA) is 75.6 Å². The Morgan fingerprint density at radius 3 is 2.52 bits per heavy atom. The lowest BCUT2D eigenvalue weighted by molar-refractivity contribution is -0.145. The van der Waals surface area contributed by atoms with E-state index in [-0.39, 0.29) is 30.5 Å². The molecule has 0 atom stereocenters. The molecule has 8 heteroatoms. The summed E-state index contributed by atoms with van der Waals surface area (Å²) in [6, 6.07) is 6.56. The molecule has 0 saturated carbocycles. The van der Waals surface area contributed by atoms with Gasteiger partial charge >= 0.3 is 5.97 Å². The van der Waals surface area contributed by atoms with Gasteiger partial charge in [-0.2, -0.15) is 0 Å². The van der Waals surface area contributed by atoms with Gasteiger partial charge in [-0.25, -0.2) is 14.4 Å². The molecule has 2 aromatic rings. The zero-order chi connectivity index (χ0) is 22.4. The zero-order valence-corrected chi connectivity index (χ0v) is 18.4. The minimum Gasteiger partial charge on any atom is -0.466 e. The number of aromatic nitrogens is 2. The third kappa shape index (κ3) is 5.99. The van der Waals surface area contributed by atoms with Crippen molar-refractivity contribution in [2.45, 2.75) is 40.0 Å². The normalized spacial score (nSPS) is 13.9. The number of anilines is 1. The molecular formula is C23H29FN4O3. The van der Waals surface area contributed by atoms with Crippen LogP contribution in [-0.2, 0) is 20.7 Å². The Bertz CT molecular complexity index is 942. The van der Waals surface area contributed by atoms with Crippen molar-refractivity contribution in [1.29, 1.82) is 0 Å². The van der Waals surface area contributed by atoms with E-state index in [1.807, 2.05) is 19.9 Å². The lowest BCUT2D eigenvalue weighted by Gasteiger charge is -2.36. The van der Waals surface area contributed by atoms with Crippen molar-refractivity contribution in [3.05, 3.63) is 52.7 Å². The summed E-state index contributed by atoms with van der Waals surface area (Å²) in [5, 5.41) is 0. The van der Waals surface area contributed by atoms with Crippen LogP contribution >= 0.6 is 0 Å². The molecule has 1 fully saturated rings. The molecule has 1 aliphatic rings. The van der Waals surface area contributed by atoms with Crippen molar-refractivity contribution in [1.82, 2.24) is 14.9 Å². The van der Waals surface area contributed by atoms with Crippen molar-refractivity contribution < 1.29 is 18.7 Å². The van der Waals surface area contributed by atoms with Gasteiger partial charge in [0.2, 0.25) is 5.91 Å². The van der Waals surface area contributed by atoms with Gasteiger partial charge in [0.05, 0.1) is 13.0 Å². The summed E-state index contributed by atoms with van der Waals surface area (Å²) in [7, 11) is 0. The zero-order valence-electron chi connectivity index (χ0n) is 18.4. The summed E-state index contributed by atoms with van der Waals surface area (Å²) in [6.45, 7) is 8.26. The van der Waals surface area contributed by atoms with Crippen LogP contribution in [0.25, 0.3) is 0 Å². The number of esters is 1. The van der Waals surface area contributed by atoms with Crippen LogP contribution in [0, 0.1) is 19.7 Å². The summed E-state index contributed by atoms with van der Waals surface area (Å²) in [6.07, 6.45) is 0.808. The summed E-state index contributed by atoms with van der Waals surface area (Å²) >= 11 is 0. The van der Waals surface area contributed by atoms with Crippen LogP contribution < -0.4 is 4.90 Å². The number of hydrogen-bond acceptors (Lipinski definition) is 6. The highest BCUT2D eigenvalue weighted by Crippen LogP contribution is 2.25. The van der Waals surface area contributed by atoms with E-state index in [4.69, 9.17) is 4.74 Å². The van der Waals surface area contributed by atoms with Gasteiger partial charge in [0.15, 0.2) is 0 Å². The summed E-state index contributed by atoms with van der Waals surface area (Å²) in [5.74, 6) is 0.877. The van der Waals surface area contributed by atoms with E-state index in [0.29, 0.717) is 45.0 Å². The molecule has 3 rings (SSSR count). The second-order valence-corrected chi connectivity index (χ2v) is 7.64. The molecule has 0 aliphatic carbocycles. The van der Waals surface area contributed by atoms with Crippen LogP contribution in [-0.4, -0.2) is 59.5 Å². The monoisotopic (exact) mass is 428 g/mol. The Balaban J connectivity index is 1.68. The van der Waals surface area contributed by atoms with Gasteiger partial charge in [-0.05, 0) is 38.5 Å². The van der Waals surface area contributed by atoms with Gasteiger partial charge in [0.1, 0.15) is 17.5 Å². The molecule has 0 unspecified atom stereocenters. The van der Waals surface area contributed by atoms with Crippen LogP contribution in [0.5, 0.6) is 0 Å². The average molecular weight is 429 g/mol. The van der Waals surface area contributed by atoms with E-state index in [2.05, 4.69) is 14.9 Å². The molecule has 1 aromatic heterocycles. The third-order valence-corrected chi connectivity index (χ3v) is 5.35. The maximum atomic E-state index is 13.7. The Kier molecular flexibility index (Phi) is 7.55. The molecular weight excluding hydrogens is 399 g/mol. The molecule has 1 amide bonds. The largest absolute Gasteiger partial charge is 0.466 e. The number of carbonyl (C=O) groups excluding carboxylic acids is 2. The smallest absolute Gasteiger partial charge is 0.306 e. The molecule has 0 spiro atoms. The minimum absolute atomic E-state index is 0.0391. The lowest BCUT2D eigenvalue weighted by Crippen LogP contribution is -2.49. The third-order valence-electron chi connectivity index (χ3n) is 5.35. The molecule has 0 bridgehead atoms. The molecule has 166 valence electrons. The molecule has 31 heavy (non-hydrogen) atoms. The number of halogens is 1. The van der Waals surface area contributed by atoms with E-state index >= 15 is 0 Å². The van der Waals surface area contributed by atoms with Gasteiger partial charge in [0, 0.05) is 50.3 Å². The first-order chi connectivity index (χ1) is 14.9. The predicted molar refractivity (Wildman–Crippen MR) is 115 cm³/mol. The fourth-order valence-electron chi connectivity index (χ4n) is 3.81. The van der Waals surface area contributed by atoms with E-state index < -0.39 is 0 Å². The highest BCUT2D eigenvalue weighted by Gasteiger charge is 2.25. The Labute approximate surface area is 182 Å². The number of nitrogens with zero attached hydrogens (tertiary/aromatic N) is 4. The van der Waals surface area contributed by atoms with E-state index in [0.717, 1.165) is 22.6 Å². The van der Waals surface area contributed by atoms with Gasteiger partial charge in [-0.1, -0.05) is 12.1 Å². The van der Waals surface area contributed by atoms with Crippen LogP contribution in [0.15, 0.2) is 24.3 Å². The molecule has 0 radical (unpaired) electrons. The summed E-state index contributed by atoms with van der Waals surface area (Å²) in [4.78, 5) is 37.1. The van der Waals surface area contributed by atoms with Crippen LogP contribution in [0.2, 0.25) is 0 Å². The molecule has 2 heterocycles. The van der Waals surface area contributed by atoms with Crippen molar-refractivity contribution in [2.24, 2.45) is 0 Å². The number of rotatable bonds is 7. The maximum absolute atomic E-state index is 13.7. The maximum Gasteiger partial charge on any atom is 0.306 e. The standard InChI is InChI=1S/C23H29FN4O3/c1-4-31-22(30)9-8-21(29)27-10-12-28(13-11-27)23-20(16(2)25-17(3)26-23)15-18-6-5-7-19(24)14-18/h5-7,14H,4,8-13,15H2,1-3H3. The molecule has 7 nitrogen and oxygen atoms in total. The molecule has 0 N–H and O–H groups in total. The van der Waals surface area contributed by atoms with Gasteiger partial charge in [0.25, 0.3) is 0 Å². The summed E-state index contributed by atoms with van der Waals surface area (Å²) in [5.41, 5.74) is 2.71. The Morgan fingerprint density at radius 1 is 1.10 bits per heavy atom. The first-order valence-electron chi connectivity index (χ1n) is 10.6. The number of aryl methyl sites for hydroxylation is 2. The van der Waals surface area contributed by atoms with Crippen molar-refractivity contribution in [2.75, 3.05) is 37.7 Å². The van der Waals surface area contributed by atoms with Crippen molar-refractivity contribution in [3.63, 3.8) is 0 Å². The number of benzene rings is 1. The highest BCUT2D eigenvalue weighted by atomic mass is 19.1. The van der Waals surface area contributed by atoms with Gasteiger partial charge < -0.3 is 14.5 Å². The minimum atomic E-state index is -0.344. The number of carbonyl (C=O) groups is 2. The lowest BCUT2D eigenvalue weighted by atomic mass is 10.0. The number of ether oxygens (including phenoxy) is 1. The molecule has 1 aromatic carbocycles. The second kappa shape index (κ2) is 10.3. The van der Waals surface area contributed by atoms with Gasteiger partial charge in [-0.15, -0.1) is 0 Å². The van der Waals surface area contributed by atoms with Crippen LogP contribution in [0.4, 0.5) is 10.2 Å². The molecule has 1 saturated heterocycles. The SMILES string of the molecule is CCOC(=O)CCC(=O)N1CCN(c2nc(C)nc(C)c2Cc2cccc(F)c2)CC1. The van der Waals surface area contributed by atoms with E-state index in [1.165, 1.54) is 12.1 Å². The fourth-order valence-corrected chi connectivity index (χ4v) is 3.81. The Hall–Kier alpha value is -3.03. The second-order valence-electron chi connectivity index (χ2n) is 7.64. The van der Waals surface area contributed by atoms with Crippen LogP contribution in [0.3, 0.4) is 0 Å².